The second kappa shape index (κ2) is 5.15. The summed E-state index contributed by atoms with van der Waals surface area (Å²) in [7, 11) is 0. The lowest BCUT2D eigenvalue weighted by Gasteiger charge is -2.27. The van der Waals surface area contributed by atoms with E-state index in [1.165, 1.54) is 0 Å². The fraction of sp³-hybridized carbons (Fsp3) is 0.727. The van der Waals surface area contributed by atoms with Gasteiger partial charge in [0.15, 0.2) is 0 Å². The highest BCUT2D eigenvalue weighted by Crippen LogP contribution is 2.22. The van der Waals surface area contributed by atoms with E-state index in [0.29, 0.717) is 0 Å². The lowest BCUT2D eigenvalue weighted by atomic mass is 9.87. The summed E-state index contributed by atoms with van der Waals surface area (Å²) in [4.78, 5) is 11.0. The molecule has 0 spiro atoms. The summed E-state index contributed by atoms with van der Waals surface area (Å²) in [5.41, 5.74) is 0. The third-order valence-corrected chi connectivity index (χ3v) is 2.56. The summed E-state index contributed by atoms with van der Waals surface area (Å²) < 4.78 is 0. The van der Waals surface area contributed by atoms with Gasteiger partial charge in [0.2, 0.25) is 0 Å². The van der Waals surface area contributed by atoms with Crippen molar-refractivity contribution in [1.29, 1.82) is 0 Å². The highest BCUT2D eigenvalue weighted by atomic mass is 16.4. The fourth-order valence-electron chi connectivity index (χ4n) is 1.89. The molecular weight excluding hydrogens is 178 g/mol. The molecule has 3 heteroatoms. The average molecular weight is 197 g/mol. The molecule has 2 N–H and O–H groups in total. The van der Waals surface area contributed by atoms with Crippen molar-refractivity contribution >= 4 is 5.97 Å². The standard InChI is InChI=1S/C11H19NO2/c1-8(2)12-10(11(13)14)9-6-4-3-5-7-9/h3-4,8-10,12H,5-7H2,1-2H3,(H,13,14). The predicted octanol–water partition coefficient (Wildman–Crippen LogP) is 1.79. The second-order valence-electron chi connectivity index (χ2n) is 4.18. The topological polar surface area (TPSA) is 49.3 Å². The molecule has 0 fully saturated rings. The van der Waals surface area contributed by atoms with Gasteiger partial charge in [-0.25, -0.2) is 0 Å². The van der Waals surface area contributed by atoms with Crippen molar-refractivity contribution in [2.24, 2.45) is 5.92 Å². The highest BCUT2D eigenvalue weighted by molar-refractivity contribution is 5.74. The molecule has 1 aliphatic carbocycles. The largest absolute Gasteiger partial charge is 0.480 e. The first-order valence-electron chi connectivity index (χ1n) is 5.25. The summed E-state index contributed by atoms with van der Waals surface area (Å²) >= 11 is 0. The van der Waals surface area contributed by atoms with Crippen molar-refractivity contribution in [3.63, 3.8) is 0 Å². The van der Waals surface area contributed by atoms with Crippen LogP contribution in [0.4, 0.5) is 0 Å². The van der Waals surface area contributed by atoms with Gasteiger partial charge >= 0.3 is 5.97 Å². The average Bonchev–Trinajstić information content (AvgIpc) is 2.15. The monoisotopic (exact) mass is 197 g/mol. The maximum atomic E-state index is 11.0. The van der Waals surface area contributed by atoms with Gasteiger partial charge in [-0.15, -0.1) is 0 Å². The Morgan fingerprint density at radius 2 is 2.21 bits per heavy atom. The molecule has 0 bridgehead atoms. The summed E-state index contributed by atoms with van der Waals surface area (Å²) in [6.45, 7) is 3.96. The van der Waals surface area contributed by atoms with Crippen molar-refractivity contribution in [1.82, 2.24) is 5.32 Å². The Labute approximate surface area is 85.2 Å². The molecule has 0 aromatic rings. The summed E-state index contributed by atoms with van der Waals surface area (Å²) in [5.74, 6) is -0.473. The molecule has 0 heterocycles. The minimum absolute atomic E-state index is 0.224. The third-order valence-electron chi connectivity index (χ3n) is 2.56. The number of nitrogens with one attached hydrogen (secondary N) is 1. The van der Waals surface area contributed by atoms with E-state index in [1.54, 1.807) is 0 Å². The van der Waals surface area contributed by atoms with Gasteiger partial charge in [-0.05, 0) is 25.2 Å². The van der Waals surface area contributed by atoms with Gasteiger partial charge < -0.3 is 10.4 Å². The lowest BCUT2D eigenvalue weighted by Crippen LogP contribution is -2.46. The third kappa shape index (κ3) is 3.14. The maximum Gasteiger partial charge on any atom is 0.321 e. The van der Waals surface area contributed by atoms with Crippen LogP contribution in [0, 0.1) is 5.92 Å². The van der Waals surface area contributed by atoms with E-state index < -0.39 is 5.97 Å². The van der Waals surface area contributed by atoms with Crippen LogP contribution in [-0.4, -0.2) is 23.2 Å². The van der Waals surface area contributed by atoms with Crippen LogP contribution in [0.15, 0.2) is 12.2 Å². The number of aliphatic carboxylic acids is 1. The Kier molecular flexibility index (Phi) is 4.14. The minimum atomic E-state index is -0.723. The minimum Gasteiger partial charge on any atom is -0.480 e. The number of hydrogen-bond acceptors (Lipinski definition) is 2. The van der Waals surface area contributed by atoms with E-state index in [9.17, 15) is 4.79 Å². The van der Waals surface area contributed by atoms with Crippen LogP contribution >= 0.6 is 0 Å². The van der Waals surface area contributed by atoms with Crippen LogP contribution in [0.3, 0.4) is 0 Å². The van der Waals surface area contributed by atoms with Gasteiger partial charge in [0, 0.05) is 6.04 Å². The molecule has 14 heavy (non-hydrogen) atoms. The fourth-order valence-corrected chi connectivity index (χ4v) is 1.89. The number of carboxylic acid groups (broad SMARTS) is 1. The number of rotatable bonds is 4. The van der Waals surface area contributed by atoms with Crippen molar-refractivity contribution in [2.45, 2.75) is 45.2 Å². The molecule has 0 saturated heterocycles. The van der Waals surface area contributed by atoms with Crippen LogP contribution < -0.4 is 5.32 Å². The van der Waals surface area contributed by atoms with Crippen molar-refractivity contribution in [3.05, 3.63) is 12.2 Å². The van der Waals surface area contributed by atoms with Gasteiger partial charge in [0.05, 0.1) is 0 Å². The molecule has 0 radical (unpaired) electrons. The smallest absolute Gasteiger partial charge is 0.321 e. The normalized spacial score (nSPS) is 23.8. The van der Waals surface area contributed by atoms with Gasteiger partial charge in [-0.3, -0.25) is 4.79 Å². The van der Waals surface area contributed by atoms with Crippen molar-refractivity contribution in [2.75, 3.05) is 0 Å². The quantitative estimate of drug-likeness (QED) is 0.675. The molecule has 2 atom stereocenters. The second-order valence-corrected chi connectivity index (χ2v) is 4.18. The van der Waals surface area contributed by atoms with E-state index in [1.807, 2.05) is 13.8 Å². The highest BCUT2D eigenvalue weighted by Gasteiger charge is 2.27. The Hall–Kier alpha value is -0.830. The van der Waals surface area contributed by atoms with Crippen LogP contribution in [0.25, 0.3) is 0 Å². The van der Waals surface area contributed by atoms with Gasteiger partial charge in [0.1, 0.15) is 6.04 Å². The Morgan fingerprint density at radius 1 is 1.50 bits per heavy atom. The van der Waals surface area contributed by atoms with E-state index >= 15 is 0 Å². The van der Waals surface area contributed by atoms with Crippen LogP contribution in [0.5, 0.6) is 0 Å². The van der Waals surface area contributed by atoms with E-state index in [-0.39, 0.29) is 18.0 Å². The molecule has 1 rings (SSSR count). The van der Waals surface area contributed by atoms with Gasteiger partial charge in [-0.1, -0.05) is 26.0 Å². The zero-order valence-corrected chi connectivity index (χ0v) is 8.86. The van der Waals surface area contributed by atoms with Crippen LogP contribution in [0.2, 0.25) is 0 Å². The maximum absolute atomic E-state index is 11.0. The Morgan fingerprint density at radius 3 is 2.64 bits per heavy atom. The molecule has 1 aliphatic rings. The lowest BCUT2D eigenvalue weighted by molar-refractivity contribution is -0.141. The molecule has 0 aromatic heterocycles. The number of allylic oxidation sites excluding steroid dienone is 2. The van der Waals surface area contributed by atoms with Crippen molar-refractivity contribution < 1.29 is 9.90 Å². The molecule has 0 saturated carbocycles. The van der Waals surface area contributed by atoms with Gasteiger partial charge in [0.25, 0.3) is 0 Å². The molecular formula is C11H19NO2. The molecule has 2 unspecified atom stereocenters. The molecule has 0 aliphatic heterocycles. The number of carboxylic acids is 1. The van der Waals surface area contributed by atoms with Crippen LogP contribution in [0.1, 0.15) is 33.1 Å². The van der Waals surface area contributed by atoms with E-state index in [4.69, 9.17) is 5.11 Å². The predicted molar refractivity (Wildman–Crippen MR) is 56.2 cm³/mol. The zero-order chi connectivity index (χ0) is 10.6. The zero-order valence-electron chi connectivity index (χ0n) is 8.86. The molecule has 0 amide bonds. The molecule has 80 valence electrons. The first-order valence-corrected chi connectivity index (χ1v) is 5.25. The first-order chi connectivity index (χ1) is 6.61. The molecule has 0 aromatic carbocycles. The first kappa shape index (κ1) is 11.2. The summed E-state index contributed by atoms with van der Waals surface area (Å²) in [6, 6.07) is -0.165. The number of hydrogen-bond donors (Lipinski definition) is 2. The molecule has 3 nitrogen and oxygen atoms in total. The van der Waals surface area contributed by atoms with E-state index in [2.05, 4.69) is 17.5 Å². The summed E-state index contributed by atoms with van der Waals surface area (Å²) in [6.07, 6.45) is 7.09. The Balaban J connectivity index is 2.57. The number of carbonyl (C=O) groups is 1. The van der Waals surface area contributed by atoms with Gasteiger partial charge in [-0.2, -0.15) is 0 Å². The van der Waals surface area contributed by atoms with E-state index in [0.717, 1.165) is 19.3 Å². The van der Waals surface area contributed by atoms with Crippen molar-refractivity contribution in [3.8, 4) is 0 Å². The summed E-state index contributed by atoms with van der Waals surface area (Å²) in [5, 5.41) is 12.2. The van der Waals surface area contributed by atoms with Crippen LogP contribution in [-0.2, 0) is 4.79 Å². The SMILES string of the molecule is CC(C)NC(C(=O)O)C1CC=CCC1. The Bertz CT molecular complexity index is 223.